The maximum atomic E-state index is 5.14. The third kappa shape index (κ3) is 1.91. The van der Waals surface area contributed by atoms with Crippen LogP contribution in [0.15, 0.2) is 12.4 Å². The highest BCUT2D eigenvalue weighted by Crippen LogP contribution is 2.19. The first-order chi connectivity index (χ1) is 4.75. The molecule has 0 N–H and O–H groups in total. The fourth-order valence-corrected chi connectivity index (χ4v) is 1.01. The van der Waals surface area contributed by atoms with Crippen molar-refractivity contribution in [1.82, 2.24) is 11.1 Å². The zero-order valence-corrected chi connectivity index (χ0v) is 6.96. The second kappa shape index (κ2) is 3.93. The summed E-state index contributed by atoms with van der Waals surface area (Å²) in [4.78, 5) is 4.01. The molecular formula is C8H11N2O. The standard InChI is InChI=1S/C8H11NO.N/c1-6-4-9-5-7(2)8(6)10-3;/h4-5H,1-3H3;. The Bertz CT molecular complexity index is 215. The number of methoxy groups -OCH3 is 1. The number of hydrogen-bond donors (Lipinski definition) is 0. The first kappa shape index (κ1) is 9.91. The van der Waals surface area contributed by atoms with E-state index < -0.39 is 0 Å². The maximum Gasteiger partial charge on any atom is 0.127 e. The van der Waals surface area contributed by atoms with Gasteiger partial charge in [-0.2, -0.15) is 0 Å². The highest BCUT2D eigenvalue weighted by atomic mass is 16.5. The Morgan fingerprint density at radius 3 is 1.91 bits per heavy atom. The second-order valence-electron chi connectivity index (χ2n) is 2.31. The number of aryl methyl sites for hydroxylation is 2. The van der Waals surface area contributed by atoms with Crippen LogP contribution in [-0.2, 0) is 0 Å². The molecule has 0 fully saturated rings. The molecule has 0 aliphatic heterocycles. The van der Waals surface area contributed by atoms with Gasteiger partial charge in [0.2, 0.25) is 0 Å². The summed E-state index contributed by atoms with van der Waals surface area (Å²) in [6.07, 6.45) is 3.59. The average Bonchev–Trinajstić information content (AvgIpc) is 1.88. The summed E-state index contributed by atoms with van der Waals surface area (Å²) >= 11 is 0. The van der Waals surface area contributed by atoms with Crippen molar-refractivity contribution in [1.29, 1.82) is 0 Å². The molecule has 3 heteroatoms. The van der Waals surface area contributed by atoms with Crippen molar-refractivity contribution in [2.24, 2.45) is 0 Å². The molecule has 0 saturated carbocycles. The lowest BCUT2D eigenvalue weighted by Gasteiger charge is -2.05. The van der Waals surface area contributed by atoms with Gasteiger partial charge in [0, 0.05) is 29.7 Å². The SMILES string of the molecule is COc1c(C)cncc1C.[N]. The van der Waals surface area contributed by atoms with E-state index >= 15 is 0 Å². The monoisotopic (exact) mass is 151 g/mol. The van der Waals surface area contributed by atoms with Crippen LogP contribution in [0.5, 0.6) is 5.75 Å². The molecule has 1 aromatic heterocycles. The molecule has 0 aliphatic carbocycles. The van der Waals surface area contributed by atoms with Crippen LogP contribution in [-0.4, -0.2) is 12.1 Å². The van der Waals surface area contributed by atoms with Crippen LogP contribution >= 0.6 is 0 Å². The largest absolute Gasteiger partial charge is 0.496 e. The van der Waals surface area contributed by atoms with Crippen LogP contribution in [0.3, 0.4) is 0 Å². The van der Waals surface area contributed by atoms with Gasteiger partial charge in [-0.1, -0.05) is 0 Å². The van der Waals surface area contributed by atoms with Crippen LogP contribution in [0.4, 0.5) is 0 Å². The summed E-state index contributed by atoms with van der Waals surface area (Å²) in [5, 5.41) is 0. The molecule has 1 heterocycles. The molecule has 0 aromatic carbocycles. The average molecular weight is 151 g/mol. The highest BCUT2D eigenvalue weighted by Gasteiger charge is 1.99. The topological polar surface area (TPSA) is 52.6 Å². The smallest absolute Gasteiger partial charge is 0.127 e. The molecule has 3 nitrogen and oxygen atoms in total. The normalized spacial score (nSPS) is 8.64. The summed E-state index contributed by atoms with van der Waals surface area (Å²) in [5.74, 6) is 0.940. The van der Waals surface area contributed by atoms with Gasteiger partial charge in [-0.15, -0.1) is 0 Å². The van der Waals surface area contributed by atoms with E-state index in [1.165, 1.54) is 0 Å². The highest BCUT2D eigenvalue weighted by molar-refractivity contribution is 5.36. The van der Waals surface area contributed by atoms with Crippen LogP contribution in [0.1, 0.15) is 11.1 Å². The summed E-state index contributed by atoms with van der Waals surface area (Å²) < 4.78 is 5.14. The van der Waals surface area contributed by atoms with E-state index in [1.807, 2.05) is 13.8 Å². The number of hydrogen-bond acceptors (Lipinski definition) is 2. The third-order valence-electron chi connectivity index (χ3n) is 1.46. The van der Waals surface area contributed by atoms with E-state index in [4.69, 9.17) is 4.74 Å². The van der Waals surface area contributed by atoms with E-state index in [1.54, 1.807) is 19.5 Å². The Morgan fingerprint density at radius 1 is 1.18 bits per heavy atom. The molecule has 3 radical (unpaired) electrons. The minimum absolute atomic E-state index is 0. The van der Waals surface area contributed by atoms with Crippen LogP contribution in [0.2, 0.25) is 0 Å². The fraction of sp³-hybridized carbons (Fsp3) is 0.375. The number of rotatable bonds is 1. The molecule has 1 rings (SSSR count). The van der Waals surface area contributed by atoms with Gasteiger partial charge in [0.1, 0.15) is 5.75 Å². The molecule has 11 heavy (non-hydrogen) atoms. The predicted octanol–water partition coefficient (Wildman–Crippen LogP) is 1.23. The van der Waals surface area contributed by atoms with Gasteiger partial charge in [-0.05, 0) is 13.8 Å². The first-order valence-electron chi connectivity index (χ1n) is 3.21. The van der Waals surface area contributed by atoms with Crippen molar-refractivity contribution in [3.05, 3.63) is 23.5 Å². The van der Waals surface area contributed by atoms with Crippen molar-refractivity contribution < 1.29 is 4.74 Å². The van der Waals surface area contributed by atoms with Crippen LogP contribution in [0.25, 0.3) is 0 Å². The van der Waals surface area contributed by atoms with E-state index in [-0.39, 0.29) is 6.15 Å². The minimum atomic E-state index is 0. The molecule has 0 atom stereocenters. The quantitative estimate of drug-likeness (QED) is 0.606. The minimum Gasteiger partial charge on any atom is -0.496 e. The van der Waals surface area contributed by atoms with Crippen molar-refractivity contribution in [3.63, 3.8) is 0 Å². The number of ether oxygens (including phenoxy) is 1. The van der Waals surface area contributed by atoms with E-state index in [0.29, 0.717) is 0 Å². The molecule has 1 aromatic rings. The Labute approximate surface area is 67.0 Å². The molecule has 0 aliphatic rings. The summed E-state index contributed by atoms with van der Waals surface area (Å²) in [5.41, 5.74) is 2.17. The van der Waals surface area contributed by atoms with Crippen molar-refractivity contribution in [2.75, 3.05) is 7.11 Å². The lowest BCUT2D eigenvalue weighted by atomic mass is 10.2. The molecular weight excluding hydrogens is 140 g/mol. The van der Waals surface area contributed by atoms with Gasteiger partial charge in [0.25, 0.3) is 0 Å². The van der Waals surface area contributed by atoms with E-state index in [0.717, 1.165) is 16.9 Å². The first-order valence-corrected chi connectivity index (χ1v) is 3.21. The molecule has 0 spiro atoms. The molecule has 0 bridgehead atoms. The predicted molar refractivity (Wildman–Crippen MR) is 42.4 cm³/mol. The maximum absolute atomic E-state index is 5.14. The second-order valence-corrected chi connectivity index (χ2v) is 2.31. The molecule has 0 saturated heterocycles. The Balaban J connectivity index is 0.000001000. The van der Waals surface area contributed by atoms with Crippen molar-refractivity contribution in [3.8, 4) is 5.75 Å². The Morgan fingerprint density at radius 2 is 1.64 bits per heavy atom. The summed E-state index contributed by atoms with van der Waals surface area (Å²) in [7, 11) is 1.68. The van der Waals surface area contributed by atoms with Gasteiger partial charge in [-0.3, -0.25) is 4.98 Å². The molecule has 59 valence electrons. The Kier molecular flexibility index (Phi) is 3.54. The zero-order chi connectivity index (χ0) is 7.56. The molecule has 0 unspecified atom stereocenters. The zero-order valence-electron chi connectivity index (χ0n) is 6.96. The van der Waals surface area contributed by atoms with E-state index in [9.17, 15) is 0 Å². The molecule has 0 amide bonds. The van der Waals surface area contributed by atoms with E-state index in [2.05, 4.69) is 4.98 Å². The summed E-state index contributed by atoms with van der Waals surface area (Å²) in [6, 6.07) is 0. The van der Waals surface area contributed by atoms with Crippen molar-refractivity contribution >= 4 is 0 Å². The Hall–Kier alpha value is -1.09. The summed E-state index contributed by atoms with van der Waals surface area (Å²) in [6.45, 7) is 3.97. The fourth-order valence-electron chi connectivity index (χ4n) is 1.01. The van der Waals surface area contributed by atoms with Gasteiger partial charge < -0.3 is 4.74 Å². The lowest BCUT2D eigenvalue weighted by Crippen LogP contribution is -1.91. The van der Waals surface area contributed by atoms with Crippen LogP contribution in [0, 0.1) is 13.8 Å². The van der Waals surface area contributed by atoms with Gasteiger partial charge in [0.05, 0.1) is 7.11 Å². The number of nitrogens with zero attached hydrogens (tertiary/aromatic N) is 2. The third-order valence-corrected chi connectivity index (χ3v) is 1.46. The lowest BCUT2D eigenvalue weighted by molar-refractivity contribution is 0.408. The van der Waals surface area contributed by atoms with Crippen molar-refractivity contribution in [2.45, 2.75) is 13.8 Å². The number of aromatic nitrogens is 1. The van der Waals surface area contributed by atoms with Gasteiger partial charge >= 0.3 is 0 Å². The number of pyridine rings is 1. The van der Waals surface area contributed by atoms with Gasteiger partial charge in [0.15, 0.2) is 0 Å². The van der Waals surface area contributed by atoms with Gasteiger partial charge in [-0.25, -0.2) is 0 Å². The van der Waals surface area contributed by atoms with Crippen LogP contribution < -0.4 is 10.9 Å².